The van der Waals surface area contributed by atoms with Crippen molar-refractivity contribution in [2.24, 2.45) is 5.41 Å². The van der Waals surface area contributed by atoms with Gasteiger partial charge in [-0.25, -0.2) is 0 Å². The van der Waals surface area contributed by atoms with Crippen molar-refractivity contribution in [1.82, 2.24) is 10.6 Å². The number of nitrogens with one attached hydrogen (secondary N) is 2. The van der Waals surface area contributed by atoms with Gasteiger partial charge in [-0.15, -0.1) is 0 Å². The molecule has 1 unspecified atom stereocenters. The third kappa shape index (κ3) is 11.7. The SMILES string of the molecule is CC(C)(C)CC(O)CNCC(=O)NCC(F)(F)F. The van der Waals surface area contributed by atoms with Gasteiger partial charge in [0.05, 0.1) is 12.6 Å². The van der Waals surface area contributed by atoms with Gasteiger partial charge in [0.2, 0.25) is 5.91 Å². The summed E-state index contributed by atoms with van der Waals surface area (Å²) in [4.78, 5) is 11.0. The molecule has 18 heavy (non-hydrogen) atoms. The lowest BCUT2D eigenvalue weighted by Crippen LogP contribution is -2.41. The average molecular weight is 270 g/mol. The molecule has 1 amide bonds. The summed E-state index contributed by atoms with van der Waals surface area (Å²) in [6, 6.07) is 0. The minimum absolute atomic E-state index is 0.0420. The van der Waals surface area contributed by atoms with Gasteiger partial charge >= 0.3 is 6.18 Å². The monoisotopic (exact) mass is 270 g/mol. The van der Waals surface area contributed by atoms with Crippen LogP contribution >= 0.6 is 0 Å². The minimum Gasteiger partial charge on any atom is -0.392 e. The van der Waals surface area contributed by atoms with Crippen molar-refractivity contribution in [2.75, 3.05) is 19.6 Å². The van der Waals surface area contributed by atoms with E-state index in [4.69, 9.17) is 0 Å². The van der Waals surface area contributed by atoms with E-state index in [9.17, 15) is 23.1 Å². The van der Waals surface area contributed by atoms with Crippen molar-refractivity contribution in [3.05, 3.63) is 0 Å². The second-order valence-corrected chi connectivity index (χ2v) is 5.44. The van der Waals surface area contributed by atoms with E-state index in [1.54, 1.807) is 5.32 Å². The van der Waals surface area contributed by atoms with Crippen LogP contribution in [0.1, 0.15) is 27.2 Å². The molecular formula is C11H21F3N2O2. The fourth-order valence-electron chi connectivity index (χ4n) is 1.39. The van der Waals surface area contributed by atoms with Gasteiger partial charge in [-0.1, -0.05) is 20.8 Å². The molecule has 0 saturated carbocycles. The van der Waals surface area contributed by atoms with Crippen molar-refractivity contribution in [1.29, 1.82) is 0 Å². The Labute approximate surface area is 105 Å². The Morgan fingerprint density at radius 2 is 1.83 bits per heavy atom. The van der Waals surface area contributed by atoms with Crippen LogP contribution in [0.3, 0.4) is 0 Å². The highest BCUT2D eigenvalue weighted by molar-refractivity contribution is 5.77. The lowest BCUT2D eigenvalue weighted by Gasteiger charge is -2.22. The van der Waals surface area contributed by atoms with Crippen LogP contribution in [0.25, 0.3) is 0 Å². The quantitative estimate of drug-likeness (QED) is 0.676. The summed E-state index contributed by atoms with van der Waals surface area (Å²) in [5.41, 5.74) is -0.0420. The Kier molecular flexibility index (Phi) is 6.62. The number of halogens is 3. The van der Waals surface area contributed by atoms with Gasteiger partial charge in [-0.05, 0) is 11.8 Å². The molecule has 108 valence electrons. The normalized spacial score (nSPS) is 14.4. The summed E-state index contributed by atoms with van der Waals surface area (Å²) in [7, 11) is 0. The molecule has 0 aromatic rings. The Morgan fingerprint density at radius 3 is 2.28 bits per heavy atom. The van der Waals surface area contributed by atoms with Crippen LogP contribution in [0.4, 0.5) is 13.2 Å². The second-order valence-electron chi connectivity index (χ2n) is 5.44. The van der Waals surface area contributed by atoms with E-state index in [1.807, 2.05) is 20.8 Å². The predicted octanol–water partition coefficient (Wildman–Crippen LogP) is 1.05. The van der Waals surface area contributed by atoms with E-state index in [1.165, 1.54) is 0 Å². The number of amides is 1. The fourth-order valence-corrected chi connectivity index (χ4v) is 1.39. The number of hydrogen-bond donors (Lipinski definition) is 3. The van der Waals surface area contributed by atoms with Crippen LogP contribution in [0.5, 0.6) is 0 Å². The number of aliphatic hydroxyl groups excluding tert-OH is 1. The average Bonchev–Trinajstić information content (AvgIpc) is 2.10. The molecular weight excluding hydrogens is 249 g/mol. The standard InChI is InChI=1S/C11H21F3N2O2/c1-10(2,3)4-8(17)5-15-6-9(18)16-7-11(12,13)14/h8,15,17H,4-7H2,1-3H3,(H,16,18). The molecule has 3 N–H and O–H groups in total. The van der Waals surface area contributed by atoms with Crippen LogP contribution in [0.2, 0.25) is 0 Å². The molecule has 1 atom stereocenters. The molecule has 0 spiro atoms. The van der Waals surface area contributed by atoms with Crippen LogP contribution in [0, 0.1) is 5.41 Å². The number of aliphatic hydroxyl groups is 1. The number of alkyl halides is 3. The van der Waals surface area contributed by atoms with Crippen LogP contribution in [0.15, 0.2) is 0 Å². The van der Waals surface area contributed by atoms with Gasteiger partial charge in [-0.2, -0.15) is 13.2 Å². The van der Waals surface area contributed by atoms with Gasteiger partial charge in [0.15, 0.2) is 0 Å². The first kappa shape index (κ1) is 17.2. The second kappa shape index (κ2) is 6.94. The molecule has 4 nitrogen and oxygen atoms in total. The summed E-state index contributed by atoms with van der Waals surface area (Å²) in [5.74, 6) is -0.740. The largest absolute Gasteiger partial charge is 0.405 e. The van der Waals surface area contributed by atoms with E-state index in [0.29, 0.717) is 6.42 Å². The van der Waals surface area contributed by atoms with Crippen molar-refractivity contribution in [2.45, 2.75) is 39.5 Å². The van der Waals surface area contributed by atoms with Crippen molar-refractivity contribution in [3.8, 4) is 0 Å². The van der Waals surface area contributed by atoms with Crippen LogP contribution < -0.4 is 10.6 Å². The summed E-state index contributed by atoms with van der Waals surface area (Å²) in [6.07, 6.45) is -4.48. The Morgan fingerprint density at radius 1 is 1.28 bits per heavy atom. The molecule has 7 heteroatoms. The van der Waals surface area contributed by atoms with Crippen molar-refractivity contribution in [3.63, 3.8) is 0 Å². The van der Waals surface area contributed by atoms with Gasteiger partial charge in [-0.3, -0.25) is 4.79 Å². The Hall–Kier alpha value is -0.820. The molecule has 0 heterocycles. The summed E-state index contributed by atoms with van der Waals surface area (Å²) in [6.45, 7) is 4.50. The van der Waals surface area contributed by atoms with E-state index < -0.39 is 24.7 Å². The highest BCUT2D eigenvalue weighted by Crippen LogP contribution is 2.20. The first-order valence-corrected chi connectivity index (χ1v) is 5.72. The fraction of sp³-hybridized carbons (Fsp3) is 0.909. The first-order valence-electron chi connectivity index (χ1n) is 5.72. The van der Waals surface area contributed by atoms with E-state index in [-0.39, 0.29) is 18.5 Å². The number of hydrogen-bond acceptors (Lipinski definition) is 3. The molecule has 0 aromatic heterocycles. The van der Waals surface area contributed by atoms with Crippen LogP contribution in [-0.4, -0.2) is 42.9 Å². The summed E-state index contributed by atoms with van der Waals surface area (Å²) in [5, 5.41) is 13.9. The molecule has 0 radical (unpaired) electrons. The highest BCUT2D eigenvalue weighted by atomic mass is 19.4. The van der Waals surface area contributed by atoms with Gasteiger partial charge < -0.3 is 15.7 Å². The summed E-state index contributed by atoms with van der Waals surface area (Å²) >= 11 is 0. The van der Waals surface area contributed by atoms with E-state index in [0.717, 1.165) is 0 Å². The maximum atomic E-state index is 11.8. The third-order valence-electron chi connectivity index (χ3n) is 2.00. The van der Waals surface area contributed by atoms with Gasteiger partial charge in [0.1, 0.15) is 6.54 Å². The Balaban J connectivity index is 3.69. The highest BCUT2D eigenvalue weighted by Gasteiger charge is 2.27. The molecule has 0 saturated heterocycles. The third-order valence-corrected chi connectivity index (χ3v) is 2.00. The van der Waals surface area contributed by atoms with Gasteiger partial charge in [0, 0.05) is 6.54 Å². The zero-order valence-electron chi connectivity index (χ0n) is 10.9. The molecule has 0 aliphatic carbocycles. The number of carbonyl (C=O) groups is 1. The van der Waals surface area contributed by atoms with Crippen LogP contribution in [-0.2, 0) is 4.79 Å². The molecule has 0 bridgehead atoms. The molecule has 0 fully saturated rings. The van der Waals surface area contributed by atoms with E-state index >= 15 is 0 Å². The summed E-state index contributed by atoms with van der Waals surface area (Å²) < 4.78 is 35.3. The van der Waals surface area contributed by atoms with E-state index in [2.05, 4.69) is 5.32 Å². The maximum Gasteiger partial charge on any atom is 0.405 e. The lowest BCUT2D eigenvalue weighted by molar-refractivity contribution is -0.137. The van der Waals surface area contributed by atoms with Gasteiger partial charge in [0.25, 0.3) is 0 Å². The zero-order chi connectivity index (χ0) is 14.4. The number of carbonyl (C=O) groups excluding carboxylic acids is 1. The van der Waals surface area contributed by atoms with Crippen molar-refractivity contribution < 1.29 is 23.1 Å². The first-order chi connectivity index (χ1) is 7.99. The molecule has 0 aliphatic rings. The topological polar surface area (TPSA) is 61.4 Å². The smallest absolute Gasteiger partial charge is 0.392 e. The number of rotatable bonds is 6. The zero-order valence-corrected chi connectivity index (χ0v) is 10.9. The molecule has 0 rings (SSSR count). The minimum atomic E-state index is -4.40. The lowest BCUT2D eigenvalue weighted by atomic mass is 9.89. The molecule has 0 aromatic carbocycles. The predicted molar refractivity (Wildman–Crippen MR) is 62.0 cm³/mol. The Bertz CT molecular complexity index is 262. The molecule has 0 aliphatic heterocycles. The van der Waals surface area contributed by atoms with Crippen molar-refractivity contribution >= 4 is 5.91 Å². The maximum absolute atomic E-state index is 11.8.